The first kappa shape index (κ1) is 11.9. The molecule has 1 aliphatic heterocycles. The molecular formula is C8H17NO4S. The van der Waals surface area contributed by atoms with E-state index in [1.807, 2.05) is 6.92 Å². The second kappa shape index (κ2) is 4.14. The van der Waals surface area contributed by atoms with E-state index in [-0.39, 0.29) is 24.7 Å². The first-order valence-electron chi connectivity index (χ1n) is 4.61. The molecule has 0 aromatic carbocycles. The molecule has 1 saturated heterocycles. The van der Waals surface area contributed by atoms with Crippen molar-refractivity contribution in [2.75, 3.05) is 24.7 Å². The molecule has 0 aliphatic carbocycles. The van der Waals surface area contributed by atoms with Crippen LogP contribution in [0.4, 0.5) is 0 Å². The van der Waals surface area contributed by atoms with E-state index in [0.717, 1.165) is 0 Å². The zero-order valence-corrected chi connectivity index (χ0v) is 9.05. The second-order valence-corrected chi connectivity index (χ2v) is 6.30. The van der Waals surface area contributed by atoms with Crippen molar-refractivity contribution in [3.05, 3.63) is 0 Å². The van der Waals surface area contributed by atoms with Crippen molar-refractivity contribution < 1.29 is 18.6 Å². The largest absolute Gasteiger partial charge is 0.394 e. The van der Waals surface area contributed by atoms with Gasteiger partial charge in [-0.05, 0) is 13.3 Å². The van der Waals surface area contributed by atoms with Gasteiger partial charge in [0.1, 0.15) is 0 Å². The van der Waals surface area contributed by atoms with E-state index in [1.54, 1.807) is 0 Å². The monoisotopic (exact) mass is 223 g/mol. The van der Waals surface area contributed by atoms with E-state index in [0.29, 0.717) is 6.42 Å². The van der Waals surface area contributed by atoms with Crippen LogP contribution in [0, 0.1) is 0 Å². The molecule has 14 heavy (non-hydrogen) atoms. The Labute approximate surface area is 84.1 Å². The predicted molar refractivity (Wildman–Crippen MR) is 52.8 cm³/mol. The molecule has 0 bridgehead atoms. The zero-order chi connectivity index (χ0) is 10.8. The molecule has 2 atom stereocenters. The number of hydrogen-bond acceptors (Lipinski definition) is 5. The Morgan fingerprint density at radius 1 is 1.57 bits per heavy atom. The number of rotatable bonds is 4. The van der Waals surface area contributed by atoms with Crippen molar-refractivity contribution in [2.24, 2.45) is 0 Å². The smallest absolute Gasteiger partial charge is 0.152 e. The highest BCUT2D eigenvalue weighted by Crippen LogP contribution is 2.22. The van der Waals surface area contributed by atoms with Gasteiger partial charge in [-0.3, -0.25) is 0 Å². The van der Waals surface area contributed by atoms with Gasteiger partial charge in [-0.1, -0.05) is 0 Å². The van der Waals surface area contributed by atoms with Crippen LogP contribution >= 0.6 is 0 Å². The van der Waals surface area contributed by atoms with Crippen molar-refractivity contribution in [3.8, 4) is 0 Å². The lowest BCUT2D eigenvalue weighted by atomic mass is 10.0. The molecule has 1 fully saturated rings. The average molecular weight is 223 g/mol. The fourth-order valence-corrected chi connectivity index (χ4v) is 3.70. The van der Waals surface area contributed by atoms with Crippen LogP contribution in [0.5, 0.6) is 0 Å². The molecule has 84 valence electrons. The van der Waals surface area contributed by atoms with Crippen molar-refractivity contribution in [3.63, 3.8) is 0 Å². The van der Waals surface area contributed by atoms with Gasteiger partial charge in [0.25, 0.3) is 0 Å². The second-order valence-electron chi connectivity index (χ2n) is 4.12. The third-order valence-electron chi connectivity index (χ3n) is 2.48. The number of β-amino-alcohol motifs (C(OH)–C–C–N with tert-alkyl or cyclic N) is 1. The molecule has 1 heterocycles. The van der Waals surface area contributed by atoms with Gasteiger partial charge in [0.15, 0.2) is 9.84 Å². The third-order valence-corrected chi connectivity index (χ3v) is 4.38. The van der Waals surface area contributed by atoms with Gasteiger partial charge in [0.05, 0.1) is 24.2 Å². The molecule has 0 saturated carbocycles. The summed E-state index contributed by atoms with van der Waals surface area (Å²) in [6.07, 6.45) is -0.261. The average Bonchev–Trinajstić information content (AvgIpc) is 2.37. The molecule has 6 heteroatoms. The van der Waals surface area contributed by atoms with Crippen LogP contribution in [-0.2, 0) is 9.84 Å². The Balaban J connectivity index is 2.45. The summed E-state index contributed by atoms with van der Waals surface area (Å²) in [6.45, 7) is 1.74. The SMILES string of the molecule is CC1(NCC(O)CO)CCS(=O)(=O)C1. The maximum Gasteiger partial charge on any atom is 0.152 e. The standard InChI is InChI=1S/C8H17NO4S/c1-8(9-4-7(11)5-10)2-3-14(12,13)6-8/h7,9-11H,2-6H2,1H3. The lowest BCUT2D eigenvalue weighted by Crippen LogP contribution is -2.47. The van der Waals surface area contributed by atoms with Crippen molar-refractivity contribution >= 4 is 9.84 Å². The van der Waals surface area contributed by atoms with E-state index >= 15 is 0 Å². The molecule has 1 aliphatic rings. The highest BCUT2D eigenvalue weighted by Gasteiger charge is 2.37. The van der Waals surface area contributed by atoms with Gasteiger partial charge < -0.3 is 15.5 Å². The van der Waals surface area contributed by atoms with Crippen molar-refractivity contribution in [1.29, 1.82) is 0 Å². The summed E-state index contributed by atoms with van der Waals surface area (Å²) in [5.41, 5.74) is -0.449. The summed E-state index contributed by atoms with van der Waals surface area (Å²) in [5.74, 6) is 0.309. The topological polar surface area (TPSA) is 86.6 Å². The Hall–Kier alpha value is -0.170. The van der Waals surface area contributed by atoms with E-state index < -0.39 is 21.5 Å². The number of sulfone groups is 1. The molecule has 0 aromatic heterocycles. The molecule has 1 rings (SSSR count). The molecule has 0 radical (unpaired) electrons. The molecule has 5 nitrogen and oxygen atoms in total. The number of hydrogen-bond donors (Lipinski definition) is 3. The summed E-state index contributed by atoms with van der Waals surface area (Å²) in [5, 5.41) is 20.7. The van der Waals surface area contributed by atoms with Crippen LogP contribution in [0.25, 0.3) is 0 Å². The van der Waals surface area contributed by atoms with Crippen LogP contribution in [0.2, 0.25) is 0 Å². The lowest BCUT2D eigenvalue weighted by Gasteiger charge is -2.25. The minimum atomic E-state index is -2.92. The summed E-state index contributed by atoms with van der Waals surface area (Å²) in [4.78, 5) is 0. The van der Waals surface area contributed by atoms with E-state index in [4.69, 9.17) is 10.2 Å². The normalized spacial score (nSPS) is 33.1. The Kier molecular flexibility index (Phi) is 3.52. The quantitative estimate of drug-likeness (QED) is 0.540. The Morgan fingerprint density at radius 2 is 2.21 bits per heavy atom. The molecule has 0 amide bonds. The summed E-state index contributed by atoms with van der Waals surface area (Å²) in [6, 6.07) is 0. The maximum atomic E-state index is 11.2. The summed E-state index contributed by atoms with van der Waals surface area (Å²) in [7, 11) is -2.92. The Bertz CT molecular complexity index is 290. The summed E-state index contributed by atoms with van der Waals surface area (Å²) < 4.78 is 22.4. The van der Waals surface area contributed by atoms with Crippen molar-refractivity contribution in [2.45, 2.75) is 25.0 Å². The molecular weight excluding hydrogens is 206 g/mol. The minimum absolute atomic E-state index is 0.109. The fraction of sp³-hybridized carbons (Fsp3) is 1.00. The van der Waals surface area contributed by atoms with E-state index in [2.05, 4.69) is 5.32 Å². The van der Waals surface area contributed by atoms with Crippen LogP contribution in [0.1, 0.15) is 13.3 Å². The number of nitrogens with one attached hydrogen (secondary N) is 1. The van der Waals surface area contributed by atoms with Gasteiger partial charge in [-0.2, -0.15) is 0 Å². The van der Waals surface area contributed by atoms with Gasteiger partial charge in [0, 0.05) is 12.1 Å². The first-order valence-corrected chi connectivity index (χ1v) is 6.43. The van der Waals surface area contributed by atoms with Crippen LogP contribution in [0.15, 0.2) is 0 Å². The lowest BCUT2D eigenvalue weighted by molar-refractivity contribution is 0.0882. The van der Waals surface area contributed by atoms with Crippen molar-refractivity contribution in [1.82, 2.24) is 5.32 Å². The van der Waals surface area contributed by atoms with Crippen LogP contribution in [0.3, 0.4) is 0 Å². The summed E-state index contributed by atoms with van der Waals surface area (Å²) >= 11 is 0. The number of aliphatic hydroxyl groups is 2. The van der Waals surface area contributed by atoms with Gasteiger partial charge in [-0.25, -0.2) is 8.42 Å². The first-order chi connectivity index (χ1) is 6.37. The molecule has 2 unspecified atom stereocenters. The van der Waals surface area contributed by atoms with Gasteiger partial charge >= 0.3 is 0 Å². The zero-order valence-electron chi connectivity index (χ0n) is 8.23. The van der Waals surface area contributed by atoms with Gasteiger partial charge in [0.2, 0.25) is 0 Å². The van der Waals surface area contributed by atoms with E-state index in [1.165, 1.54) is 0 Å². The maximum absolute atomic E-state index is 11.2. The van der Waals surface area contributed by atoms with E-state index in [9.17, 15) is 8.42 Å². The van der Waals surface area contributed by atoms with Crippen LogP contribution in [-0.4, -0.2) is 54.9 Å². The molecule has 0 aromatic rings. The molecule has 3 N–H and O–H groups in total. The van der Waals surface area contributed by atoms with Gasteiger partial charge in [-0.15, -0.1) is 0 Å². The number of aliphatic hydroxyl groups excluding tert-OH is 2. The fourth-order valence-electron chi connectivity index (χ4n) is 1.58. The highest BCUT2D eigenvalue weighted by molar-refractivity contribution is 7.91. The minimum Gasteiger partial charge on any atom is -0.394 e. The Morgan fingerprint density at radius 3 is 2.64 bits per heavy atom. The third kappa shape index (κ3) is 3.20. The molecule has 0 spiro atoms. The van der Waals surface area contributed by atoms with Crippen LogP contribution < -0.4 is 5.32 Å². The predicted octanol–water partition coefficient (Wildman–Crippen LogP) is -1.49. The highest BCUT2D eigenvalue weighted by atomic mass is 32.2.